The number of carbonyl (C=O) groups excluding carboxylic acids is 1. The molecule has 27 heavy (non-hydrogen) atoms. The average Bonchev–Trinajstić information content (AvgIpc) is 3.33. The minimum Gasteiger partial charge on any atom is -0.468 e. The Hall–Kier alpha value is -2.86. The molecule has 0 fully saturated rings. The predicted molar refractivity (Wildman–Crippen MR) is 99.0 cm³/mol. The second-order valence-corrected chi connectivity index (χ2v) is 6.34. The van der Waals surface area contributed by atoms with E-state index in [-0.39, 0.29) is 18.3 Å². The Balaban J connectivity index is 1.67. The highest BCUT2D eigenvalue weighted by Gasteiger charge is 2.19. The second kappa shape index (κ2) is 9.19. The zero-order chi connectivity index (χ0) is 19.1. The van der Waals surface area contributed by atoms with Crippen LogP contribution in [0.4, 0.5) is 4.39 Å². The SMILES string of the molecule is CCN(Cc1cccc(F)c1)C(=O)CN(Cc1ccco1)Cc1ccco1. The van der Waals surface area contributed by atoms with Gasteiger partial charge in [0.1, 0.15) is 17.3 Å². The van der Waals surface area contributed by atoms with Gasteiger partial charge in [-0.15, -0.1) is 0 Å². The van der Waals surface area contributed by atoms with Crippen molar-refractivity contribution in [3.8, 4) is 0 Å². The van der Waals surface area contributed by atoms with Crippen LogP contribution in [0, 0.1) is 5.82 Å². The van der Waals surface area contributed by atoms with Crippen molar-refractivity contribution in [2.75, 3.05) is 13.1 Å². The molecule has 0 radical (unpaired) electrons. The number of rotatable bonds is 9. The highest BCUT2D eigenvalue weighted by molar-refractivity contribution is 5.78. The van der Waals surface area contributed by atoms with Crippen LogP contribution in [-0.4, -0.2) is 28.8 Å². The van der Waals surface area contributed by atoms with Gasteiger partial charge < -0.3 is 13.7 Å². The molecule has 3 rings (SSSR count). The first-order valence-electron chi connectivity index (χ1n) is 8.93. The molecule has 0 aliphatic heterocycles. The number of hydrogen-bond donors (Lipinski definition) is 0. The van der Waals surface area contributed by atoms with E-state index in [4.69, 9.17) is 8.83 Å². The van der Waals surface area contributed by atoms with Gasteiger partial charge in [0.25, 0.3) is 0 Å². The second-order valence-electron chi connectivity index (χ2n) is 6.34. The van der Waals surface area contributed by atoms with Crippen molar-refractivity contribution in [2.45, 2.75) is 26.6 Å². The summed E-state index contributed by atoms with van der Waals surface area (Å²) < 4.78 is 24.3. The van der Waals surface area contributed by atoms with Crippen molar-refractivity contribution in [2.24, 2.45) is 0 Å². The van der Waals surface area contributed by atoms with Gasteiger partial charge >= 0.3 is 0 Å². The molecular weight excluding hydrogens is 347 g/mol. The van der Waals surface area contributed by atoms with Crippen LogP contribution in [0.1, 0.15) is 24.0 Å². The number of amides is 1. The Bertz CT molecular complexity index is 795. The fourth-order valence-electron chi connectivity index (χ4n) is 2.94. The van der Waals surface area contributed by atoms with Crippen molar-refractivity contribution in [3.05, 3.63) is 84.0 Å². The molecule has 0 atom stereocenters. The first-order chi connectivity index (χ1) is 13.1. The van der Waals surface area contributed by atoms with Gasteiger partial charge in [-0.3, -0.25) is 9.69 Å². The standard InChI is InChI=1S/C21H23FN2O3/c1-2-24(13-17-6-3-7-18(22)12-17)21(25)16-23(14-19-8-4-10-26-19)15-20-9-5-11-27-20/h3-12H,2,13-16H2,1H3. The Kier molecular flexibility index (Phi) is 6.44. The van der Waals surface area contributed by atoms with Gasteiger partial charge in [-0.05, 0) is 48.9 Å². The first-order valence-corrected chi connectivity index (χ1v) is 8.93. The number of furan rings is 2. The minimum absolute atomic E-state index is 0.0279. The molecule has 2 aromatic heterocycles. The van der Waals surface area contributed by atoms with Crippen molar-refractivity contribution in [1.29, 1.82) is 0 Å². The van der Waals surface area contributed by atoms with E-state index in [0.717, 1.165) is 17.1 Å². The molecule has 0 unspecified atom stereocenters. The predicted octanol–water partition coefficient (Wildman–Crippen LogP) is 4.06. The van der Waals surface area contributed by atoms with Gasteiger partial charge in [-0.25, -0.2) is 4.39 Å². The summed E-state index contributed by atoms with van der Waals surface area (Å²) in [4.78, 5) is 16.5. The summed E-state index contributed by atoms with van der Waals surface area (Å²) >= 11 is 0. The third-order valence-electron chi connectivity index (χ3n) is 4.27. The van der Waals surface area contributed by atoms with Crippen molar-refractivity contribution >= 4 is 5.91 Å². The van der Waals surface area contributed by atoms with Gasteiger partial charge in [0, 0.05) is 13.1 Å². The minimum atomic E-state index is -0.298. The Labute approximate surface area is 158 Å². The van der Waals surface area contributed by atoms with Gasteiger partial charge in [0.2, 0.25) is 5.91 Å². The summed E-state index contributed by atoms with van der Waals surface area (Å²) in [5.41, 5.74) is 0.772. The van der Waals surface area contributed by atoms with E-state index >= 15 is 0 Å². The lowest BCUT2D eigenvalue weighted by atomic mass is 10.2. The molecule has 3 aromatic rings. The molecule has 5 nitrogen and oxygen atoms in total. The van der Waals surface area contributed by atoms with E-state index in [0.29, 0.717) is 26.2 Å². The van der Waals surface area contributed by atoms with Gasteiger partial charge in [-0.1, -0.05) is 12.1 Å². The zero-order valence-electron chi connectivity index (χ0n) is 15.3. The normalized spacial score (nSPS) is 11.1. The molecule has 1 aromatic carbocycles. The van der Waals surface area contributed by atoms with E-state index < -0.39 is 0 Å². The molecule has 0 spiro atoms. The highest BCUT2D eigenvalue weighted by atomic mass is 19.1. The number of nitrogens with zero attached hydrogens (tertiary/aromatic N) is 2. The molecule has 0 saturated carbocycles. The van der Waals surface area contributed by atoms with Crippen LogP contribution in [0.2, 0.25) is 0 Å². The molecule has 0 aliphatic carbocycles. The molecule has 0 saturated heterocycles. The maximum absolute atomic E-state index is 13.4. The Morgan fingerprint density at radius 1 is 0.963 bits per heavy atom. The lowest BCUT2D eigenvalue weighted by Crippen LogP contribution is -2.39. The third kappa shape index (κ3) is 5.56. The molecular formula is C21H23FN2O3. The van der Waals surface area contributed by atoms with Crippen LogP contribution in [0.15, 0.2) is 69.9 Å². The van der Waals surface area contributed by atoms with Crippen LogP contribution in [0.25, 0.3) is 0 Å². The van der Waals surface area contributed by atoms with E-state index in [2.05, 4.69) is 0 Å². The third-order valence-corrected chi connectivity index (χ3v) is 4.27. The summed E-state index contributed by atoms with van der Waals surface area (Å²) in [5, 5.41) is 0. The lowest BCUT2D eigenvalue weighted by Gasteiger charge is -2.26. The van der Waals surface area contributed by atoms with Crippen LogP contribution in [0.3, 0.4) is 0 Å². The smallest absolute Gasteiger partial charge is 0.237 e. The summed E-state index contributed by atoms with van der Waals surface area (Å²) in [6, 6.07) is 13.7. The molecule has 0 N–H and O–H groups in total. The summed E-state index contributed by atoms with van der Waals surface area (Å²) in [7, 11) is 0. The molecule has 1 amide bonds. The number of carbonyl (C=O) groups is 1. The van der Waals surface area contributed by atoms with Crippen LogP contribution in [-0.2, 0) is 24.4 Å². The fraction of sp³-hybridized carbons (Fsp3) is 0.286. The summed E-state index contributed by atoms with van der Waals surface area (Å²) in [6.07, 6.45) is 3.23. The largest absolute Gasteiger partial charge is 0.468 e. The van der Waals surface area contributed by atoms with E-state index in [1.807, 2.05) is 42.2 Å². The van der Waals surface area contributed by atoms with E-state index in [1.165, 1.54) is 12.1 Å². The molecule has 0 bridgehead atoms. The van der Waals surface area contributed by atoms with Crippen LogP contribution < -0.4 is 0 Å². The van der Waals surface area contributed by atoms with Gasteiger partial charge in [0.05, 0.1) is 32.2 Å². The number of benzene rings is 1. The maximum Gasteiger partial charge on any atom is 0.237 e. The topological polar surface area (TPSA) is 49.8 Å². The molecule has 6 heteroatoms. The number of hydrogen-bond acceptors (Lipinski definition) is 4. The highest BCUT2D eigenvalue weighted by Crippen LogP contribution is 2.13. The Morgan fingerprint density at radius 3 is 2.15 bits per heavy atom. The monoisotopic (exact) mass is 370 g/mol. The molecule has 0 aliphatic rings. The lowest BCUT2D eigenvalue weighted by molar-refractivity contribution is -0.133. The summed E-state index contributed by atoms with van der Waals surface area (Å²) in [5.74, 6) is 1.23. The fourth-order valence-corrected chi connectivity index (χ4v) is 2.94. The number of halogens is 1. The van der Waals surface area contributed by atoms with E-state index in [1.54, 1.807) is 23.5 Å². The molecule has 2 heterocycles. The Morgan fingerprint density at radius 2 is 1.63 bits per heavy atom. The number of likely N-dealkylation sites (N-methyl/N-ethyl adjacent to an activating group) is 1. The molecule has 142 valence electrons. The van der Waals surface area contributed by atoms with Crippen molar-refractivity contribution in [1.82, 2.24) is 9.80 Å². The maximum atomic E-state index is 13.4. The van der Waals surface area contributed by atoms with Crippen molar-refractivity contribution in [3.63, 3.8) is 0 Å². The zero-order valence-corrected chi connectivity index (χ0v) is 15.3. The van der Waals surface area contributed by atoms with Crippen LogP contribution in [0.5, 0.6) is 0 Å². The van der Waals surface area contributed by atoms with Crippen molar-refractivity contribution < 1.29 is 18.0 Å². The first kappa shape index (κ1) is 18.9. The quantitative estimate of drug-likeness (QED) is 0.570. The van der Waals surface area contributed by atoms with Crippen LogP contribution >= 0.6 is 0 Å². The van der Waals surface area contributed by atoms with E-state index in [9.17, 15) is 9.18 Å². The average molecular weight is 370 g/mol. The van der Waals surface area contributed by atoms with Gasteiger partial charge in [-0.2, -0.15) is 0 Å². The summed E-state index contributed by atoms with van der Waals surface area (Å²) in [6.45, 7) is 4.05. The van der Waals surface area contributed by atoms with Gasteiger partial charge in [0.15, 0.2) is 0 Å².